The minimum atomic E-state index is 0.418. The van der Waals surface area contributed by atoms with Gasteiger partial charge in [-0.2, -0.15) is 0 Å². The van der Waals surface area contributed by atoms with Crippen molar-refractivity contribution in [3.8, 4) is 0 Å². The third-order valence-corrected chi connectivity index (χ3v) is 4.16. The zero-order valence-electron chi connectivity index (χ0n) is 10.3. The topological polar surface area (TPSA) is 12.5 Å². The van der Waals surface area contributed by atoms with Gasteiger partial charge in [-0.3, -0.25) is 0 Å². The maximum Gasteiger partial charge on any atom is 0.109 e. The summed E-state index contributed by atoms with van der Waals surface area (Å²) < 4.78 is 0. The summed E-state index contributed by atoms with van der Waals surface area (Å²) in [5.41, 5.74) is 1.73. The molecule has 0 spiro atoms. The molecule has 2 nitrogen and oxygen atoms in total. The minimum Gasteiger partial charge on any atom is -0.413 e. The summed E-state index contributed by atoms with van der Waals surface area (Å²) in [4.78, 5) is 5.64. The lowest BCUT2D eigenvalue weighted by molar-refractivity contribution is -0.151. The lowest BCUT2D eigenvalue weighted by atomic mass is 9.65. The second-order valence-electron chi connectivity index (χ2n) is 5.45. The molecular weight excluding hydrogens is 210 g/mol. The van der Waals surface area contributed by atoms with Crippen LogP contribution in [-0.4, -0.2) is 11.1 Å². The van der Waals surface area contributed by atoms with Gasteiger partial charge < -0.3 is 4.84 Å². The van der Waals surface area contributed by atoms with Crippen LogP contribution >= 0.6 is 0 Å². The van der Waals surface area contributed by atoms with Crippen LogP contribution in [0.5, 0.6) is 0 Å². The van der Waals surface area contributed by atoms with Crippen LogP contribution in [0.15, 0.2) is 42.7 Å². The van der Waals surface area contributed by atoms with E-state index >= 15 is 0 Å². The van der Waals surface area contributed by atoms with Crippen molar-refractivity contribution < 1.29 is 4.84 Å². The van der Waals surface area contributed by atoms with Crippen LogP contribution in [0.25, 0.3) is 0 Å². The minimum absolute atomic E-state index is 0.418. The predicted octanol–water partition coefficient (Wildman–Crippen LogP) is 3.51. The van der Waals surface area contributed by atoms with Crippen LogP contribution in [0.1, 0.15) is 31.7 Å². The molecule has 1 fully saturated rings. The van der Waals surface area contributed by atoms with Gasteiger partial charge >= 0.3 is 0 Å². The molecule has 0 N–H and O–H groups in total. The van der Waals surface area contributed by atoms with Crippen molar-refractivity contribution in [3.05, 3.63) is 48.2 Å². The van der Waals surface area contributed by atoms with Gasteiger partial charge in [-0.05, 0) is 29.9 Å². The van der Waals surface area contributed by atoms with Crippen molar-refractivity contribution in [3.63, 3.8) is 0 Å². The van der Waals surface area contributed by atoms with Crippen molar-refractivity contribution in [2.45, 2.75) is 38.8 Å². The molecule has 1 atom stereocenters. The second-order valence-corrected chi connectivity index (χ2v) is 5.45. The Labute approximate surface area is 103 Å². The molecule has 3 rings (SSSR count). The summed E-state index contributed by atoms with van der Waals surface area (Å²) in [7, 11) is 0. The lowest BCUT2D eigenvalue weighted by Gasteiger charge is -2.45. The van der Waals surface area contributed by atoms with Crippen LogP contribution in [0.4, 0.5) is 0 Å². The first-order valence-corrected chi connectivity index (χ1v) is 6.42. The van der Waals surface area contributed by atoms with Crippen molar-refractivity contribution in [2.75, 3.05) is 0 Å². The van der Waals surface area contributed by atoms with Crippen LogP contribution in [-0.2, 0) is 11.4 Å². The normalized spacial score (nSPS) is 26.5. The van der Waals surface area contributed by atoms with E-state index in [9.17, 15) is 0 Å². The van der Waals surface area contributed by atoms with Gasteiger partial charge in [-0.25, -0.2) is 0 Å². The molecule has 1 aromatic carbocycles. The van der Waals surface area contributed by atoms with E-state index in [2.05, 4.69) is 48.4 Å². The molecule has 1 aliphatic heterocycles. The van der Waals surface area contributed by atoms with E-state index in [4.69, 9.17) is 4.84 Å². The fraction of sp³-hybridized carbons (Fsp3) is 0.467. The van der Waals surface area contributed by atoms with Crippen molar-refractivity contribution >= 4 is 0 Å². The quantitative estimate of drug-likeness (QED) is 0.786. The first kappa shape index (κ1) is 10.8. The lowest BCUT2D eigenvalue weighted by Crippen LogP contribution is -2.45. The Bertz CT molecular complexity index is 408. The third-order valence-electron chi connectivity index (χ3n) is 4.16. The van der Waals surface area contributed by atoms with E-state index in [-0.39, 0.29) is 0 Å². The summed E-state index contributed by atoms with van der Waals surface area (Å²) in [5, 5.41) is 2.12. The van der Waals surface area contributed by atoms with E-state index in [1.807, 2.05) is 6.26 Å². The molecule has 1 aliphatic carbocycles. The molecule has 17 heavy (non-hydrogen) atoms. The van der Waals surface area contributed by atoms with Crippen molar-refractivity contribution in [2.24, 2.45) is 5.41 Å². The average molecular weight is 229 g/mol. The van der Waals surface area contributed by atoms with E-state index < -0.39 is 0 Å². The third kappa shape index (κ3) is 1.98. The zero-order chi connectivity index (χ0) is 11.7. The first-order valence-electron chi connectivity index (χ1n) is 6.42. The summed E-state index contributed by atoms with van der Waals surface area (Å²) in [6.07, 6.45) is 8.05. The number of hydroxylamine groups is 2. The zero-order valence-corrected chi connectivity index (χ0v) is 10.3. The predicted molar refractivity (Wildman–Crippen MR) is 68.0 cm³/mol. The Morgan fingerprint density at radius 1 is 1.29 bits per heavy atom. The van der Waals surface area contributed by atoms with Gasteiger partial charge in [-0.15, -0.1) is 5.06 Å². The van der Waals surface area contributed by atoms with Gasteiger partial charge in [0.1, 0.15) is 6.26 Å². The summed E-state index contributed by atoms with van der Waals surface area (Å²) >= 11 is 0. The Morgan fingerprint density at radius 3 is 2.71 bits per heavy atom. The molecule has 2 heteroatoms. The SMILES string of the molecule is CC1(C2C=CON2Cc2ccccc2)CCC1. The van der Waals surface area contributed by atoms with Gasteiger partial charge in [0.05, 0.1) is 12.6 Å². The molecule has 2 aliphatic rings. The molecule has 1 heterocycles. The summed E-state index contributed by atoms with van der Waals surface area (Å²) in [6, 6.07) is 11.0. The highest BCUT2D eigenvalue weighted by Gasteiger charge is 2.43. The van der Waals surface area contributed by atoms with Crippen LogP contribution < -0.4 is 0 Å². The van der Waals surface area contributed by atoms with E-state index in [0.29, 0.717) is 11.5 Å². The van der Waals surface area contributed by atoms with Crippen molar-refractivity contribution in [1.82, 2.24) is 5.06 Å². The fourth-order valence-corrected chi connectivity index (χ4v) is 2.86. The molecule has 90 valence electrons. The highest BCUT2D eigenvalue weighted by Crippen LogP contribution is 2.47. The number of hydrogen-bond acceptors (Lipinski definition) is 2. The van der Waals surface area contributed by atoms with Gasteiger partial charge in [0.2, 0.25) is 0 Å². The average Bonchev–Trinajstić information content (AvgIpc) is 2.76. The highest BCUT2D eigenvalue weighted by molar-refractivity contribution is 5.16. The number of rotatable bonds is 3. The van der Waals surface area contributed by atoms with Crippen LogP contribution in [0.2, 0.25) is 0 Å². The molecule has 1 aromatic rings. The molecule has 1 unspecified atom stereocenters. The molecular formula is C15H19NO. The maximum absolute atomic E-state index is 5.64. The van der Waals surface area contributed by atoms with Crippen molar-refractivity contribution in [1.29, 1.82) is 0 Å². The fourth-order valence-electron chi connectivity index (χ4n) is 2.86. The number of nitrogens with zero attached hydrogens (tertiary/aromatic N) is 1. The second kappa shape index (κ2) is 4.19. The van der Waals surface area contributed by atoms with E-state index in [1.165, 1.54) is 24.8 Å². The van der Waals surface area contributed by atoms with E-state index in [0.717, 1.165) is 6.54 Å². The maximum atomic E-state index is 5.64. The molecule has 0 amide bonds. The van der Waals surface area contributed by atoms with Gasteiger partial charge in [0.25, 0.3) is 0 Å². The smallest absolute Gasteiger partial charge is 0.109 e. The number of hydrogen-bond donors (Lipinski definition) is 0. The standard InChI is InChI=1S/C15H19NO/c1-15(9-5-10-15)14-8-11-17-16(14)12-13-6-3-2-4-7-13/h2-4,6-8,11,14H,5,9-10,12H2,1H3. The Kier molecular flexibility index (Phi) is 2.67. The van der Waals surface area contributed by atoms with E-state index in [1.54, 1.807) is 0 Å². The highest BCUT2D eigenvalue weighted by atomic mass is 16.7. The summed E-state index contributed by atoms with van der Waals surface area (Å²) in [6.45, 7) is 3.24. The first-order chi connectivity index (χ1) is 8.28. The Balaban J connectivity index is 1.71. The Morgan fingerprint density at radius 2 is 2.06 bits per heavy atom. The largest absolute Gasteiger partial charge is 0.413 e. The van der Waals surface area contributed by atoms with Gasteiger partial charge in [-0.1, -0.05) is 43.7 Å². The van der Waals surface area contributed by atoms with Crippen LogP contribution in [0, 0.1) is 5.41 Å². The van der Waals surface area contributed by atoms with Gasteiger partial charge in [0, 0.05) is 0 Å². The summed E-state index contributed by atoms with van der Waals surface area (Å²) in [5.74, 6) is 0. The molecule has 0 saturated heterocycles. The monoisotopic (exact) mass is 229 g/mol. The molecule has 1 saturated carbocycles. The Hall–Kier alpha value is -1.28. The molecule has 0 bridgehead atoms. The molecule has 0 radical (unpaired) electrons. The molecule has 0 aromatic heterocycles. The van der Waals surface area contributed by atoms with Crippen LogP contribution in [0.3, 0.4) is 0 Å². The van der Waals surface area contributed by atoms with Gasteiger partial charge in [0.15, 0.2) is 0 Å². The number of benzene rings is 1.